The summed E-state index contributed by atoms with van der Waals surface area (Å²) in [6.07, 6.45) is 0. The van der Waals surface area contributed by atoms with E-state index < -0.39 is 23.9 Å². The molecule has 1 aromatic carbocycles. The molecule has 112 valence electrons. The topological polar surface area (TPSA) is 66.5 Å². The molecular formula is C14H14Cl2N2O3. The second kappa shape index (κ2) is 6.13. The van der Waals surface area contributed by atoms with E-state index in [2.05, 4.69) is 5.32 Å². The van der Waals surface area contributed by atoms with Crippen molar-refractivity contribution in [3.8, 4) is 0 Å². The fourth-order valence-electron chi connectivity index (χ4n) is 2.27. The summed E-state index contributed by atoms with van der Waals surface area (Å²) in [5, 5.41) is 2.92. The highest BCUT2D eigenvalue weighted by molar-refractivity contribution is 6.37. The molecule has 1 N–H and O–H groups in total. The Hall–Kier alpha value is -1.43. The van der Waals surface area contributed by atoms with Crippen LogP contribution < -0.4 is 5.32 Å². The molecule has 0 bridgehead atoms. The Labute approximate surface area is 132 Å². The summed E-state index contributed by atoms with van der Waals surface area (Å²) < 4.78 is 0. The van der Waals surface area contributed by atoms with Gasteiger partial charge in [0.15, 0.2) is 5.78 Å². The number of imide groups is 1. The van der Waals surface area contributed by atoms with Crippen molar-refractivity contribution in [2.45, 2.75) is 25.9 Å². The SMILES string of the molecule is CC1C(=O)NC(=O)CN1C(C)C(=O)c1ccc(Cl)cc1Cl. The smallest absolute Gasteiger partial charge is 0.243 e. The van der Waals surface area contributed by atoms with Crippen LogP contribution in [0.4, 0.5) is 0 Å². The molecule has 1 saturated heterocycles. The molecule has 1 heterocycles. The van der Waals surface area contributed by atoms with E-state index in [1.54, 1.807) is 30.9 Å². The number of ketones is 1. The molecule has 0 radical (unpaired) electrons. The molecule has 21 heavy (non-hydrogen) atoms. The van der Waals surface area contributed by atoms with Gasteiger partial charge in [-0.2, -0.15) is 0 Å². The number of hydrogen-bond donors (Lipinski definition) is 1. The Kier molecular flexibility index (Phi) is 4.66. The molecule has 0 aromatic heterocycles. The van der Waals surface area contributed by atoms with Crippen LogP contribution in [0, 0.1) is 0 Å². The van der Waals surface area contributed by atoms with Crippen LogP contribution in [0.2, 0.25) is 10.0 Å². The van der Waals surface area contributed by atoms with Crippen molar-refractivity contribution >= 4 is 40.8 Å². The molecular weight excluding hydrogens is 315 g/mol. The second-order valence-electron chi connectivity index (χ2n) is 4.93. The highest BCUT2D eigenvalue weighted by atomic mass is 35.5. The number of carbonyl (C=O) groups is 3. The lowest BCUT2D eigenvalue weighted by Gasteiger charge is -2.35. The number of amides is 2. The van der Waals surface area contributed by atoms with E-state index in [0.29, 0.717) is 10.6 Å². The largest absolute Gasteiger partial charge is 0.294 e. The summed E-state index contributed by atoms with van der Waals surface area (Å²) in [5.41, 5.74) is 0.319. The zero-order valence-electron chi connectivity index (χ0n) is 11.5. The van der Waals surface area contributed by atoms with Crippen LogP contribution >= 0.6 is 23.2 Å². The van der Waals surface area contributed by atoms with Crippen LogP contribution in [0.3, 0.4) is 0 Å². The molecule has 2 unspecified atom stereocenters. The van der Waals surface area contributed by atoms with Gasteiger partial charge in [-0.3, -0.25) is 24.6 Å². The second-order valence-corrected chi connectivity index (χ2v) is 5.77. The third kappa shape index (κ3) is 3.26. The number of piperazine rings is 1. The van der Waals surface area contributed by atoms with E-state index in [9.17, 15) is 14.4 Å². The van der Waals surface area contributed by atoms with E-state index in [4.69, 9.17) is 23.2 Å². The molecule has 7 heteroatoms. The van der Waals surface area contributed by atoms with Crippen molar-refractivity contribution in [3.63, 3.8) is 0 Å². The first-order valence-corrected chi connectivity index (χ1v) is 7.15. The van der Waals surface area contributed by atoms with E-state index in [1.165, 1.54) is 6.07 Å². The molecule has 0 aliphatic carbocycles. The van der Waals surface area contributed by atoms with Crippen molar-refractivity contribution in [2.75, 3.05) is 6.54 Å². The van der Waals surface area contributed by atoms with Gasteiger partial charge in [0, 0.05) is 10.6 Å². The molecule has 2 rings (SSSR count). The minimum absolute atomic E-state index is 0.00891. The third-order valence-corrected chi connectivity index (χ3v) is 4.09. The number of nitrogens with zero attached hydrogens (tertiary/aromatic N) is 1. The summed E-state index contributed by atoms with van der Waals surface area (Å²) in [7, 11) is 0. The van der Waals surface area contributed by atoms with Crippen LogP contribution in [0.25, 0.3) is 0 Å². The first-order valence-electron chi connectivity index (χ1n) is 6.40. The van der Waals surface area contributed by atoms with Crippen molar-refractivity contribution in [1.29, 1.82) is 0 Å². The van der Waals surface area contributed by atoms with E-state index in [1.807, 2.05) is 0 Å². The summed E-state index contributed by atoms with van der Waals surface area (Å²) in [5.74, 6) is -1.08. The average molecular weight is 329 g/mol. The van der Waals surface area contributed by atoms with Crippen LogP contribution in [0.5, 0.6) is 0 Å². The molecule has 1 aliphatic rings. The van der Waals surface area contributed by atoms with Crippen LogP contribution in [-0.4, -0.2) is 41.1 Å². The maximum absolute atomic E-state index is 12.5. The van der Waals surface area contributed by atoms with Gasteiger partial charge in [-0.25, -0.2) is 0 Å². The van der Waals surface area contributed by atoms with Gasteiger partial charge in [0.2, 0.25) is 11.8 Å². The molecule has 1 fully saturated rings. The first-order chi connectivity index (χ1) is 9.81. The first kappa shape index (κ1) is 15.9. The monoisotopic (exact) mass is 328 g/mol. The third-order valence-electron chi connectivity index (χ3n) is 3.54. The zero-order chi connectivity index (χ0) is 15.7. The molecule has 0 saturated carbocycles. The molecule has 5 nitrogen and oxygen atoms in total. The lowest BCUT2D eigenvalue weighted by atomic mass is 10.0. The lowest BCUT2D eigenvalue weighted by molar-refractivity contribution is -0.140. The van der Waals surface area contributed by atoms with Gasteiger partial charge in [-0.1, -0.05) is 23.2 Å². The van der Waals surface area contributed by atoms with E-state index >= 15 is 0 Å². The number of rotatable bonds is 3. The average Bonchev–Trinajstić information content (AvgIpc) is 2.41. The van der Waals surface area contributed by atoms with Gasteiger partial charge < -0.3 is 0 Å². The zero-order valence-corrected chi connectivity index (χ0v) is 13.0. The molecule has 2 atom stereocenters. The Morgan fingerprint density at radius 3 is 2.67 bits per heavy atom. The van der Waals surface area contributed by atoms with Crippen molar-refractivity contribution < 1.29 is 14.4 Å². The van der Waals surface area contributed by atoms with E-state index in [0.717, 1.165) is 0 Å². The maximum Gasteiger partial charge on any atom is 0.243 e. The Morgan fingerprint density at radius 1 is 1.38 bits per heavy atom. The summed E-state index contributed by atoms with van der Waals surface area (Å²) in [6, 6.07) is 3.40. The molecule has 0 spiro atoms. The maximum atomic E-state index is 12.5. The number of halogens is 2. The molecule has 1 aliphatic heterocycles. The molecule has 2 amide bonds. The van der Waals surface area contributed by atoms with Gasteiger partial charge in [-0.05, 0) is 32.0 Å². The van der Waals surface area contributed by atoms with Crippen molar-refractivity contribution in [1.82, 2.24) is 10.2 Å². The van der Waals surface area contributed by atoms with Crippen molar-refractivity contribution in [3.05, 3.63) is 33.8 Å². The number of nitrogens with one attached hydrogen (secondary N) is 1. The number of hydrogen-bond acceptors (Lipinski definition) is 4. The van der Waals surface area contributed by atoms with Gasteiger partial charge >= 0.3 is 0 Å². The van der Waals surface area contributed by atoms with Gasteiger partial charge in [0.25, 0.3) is 0 Å². The number of benzene rings is 1. The standard InChI is InChI=1S/C14H14Cl2N2O3/c1-7(18-6-12(19)17-14(21)8(18)2)13(20)10-4-3-9(15)5-11(10)16/h3-5,7-8H,6H2,1-2H3,(H,17,19,21). The summed E-state index contributed by atoms with van der Waals surface area (Å²) in [6.45, 7) is 3.29. The predicted molar refractivity (Wildman–Crippen MR) is 79.6 cm³/mol. The van der Waals surface area contributed by atoms with Crippen molar-refractivity contribution in [2.24, 2.45) is 0 Å². The van der Waals surface area contributed by atoms with Crippen LogP contribution in [0.15, 0.2) is 18.2 Å². The highest BCUT2D eigenvalue weighted by Gasteiger charge is 2.36. The number of carbonyl (C=O) groups excluding carboxylic acids is 3. The molecule has 1 aromatic rings. The van der Waals surface area contributed by atoms with Gasteiger partial charge in [0.05, 0.1) is 23.7 Å². The highest BCUT2D eigenvalue weighted by Crippen LogP contribution is 2.24. The summed E-state index contributed by atoms with van der Waals surface area (Å²) in [4.78, 5) is 37.2. The summed E-state index contributed by atoms with van der Waals surface area (Å²) >= 11 is 11.8. The van der Waals surface area contributed by atoms with Crippen LogP contribution in [0.1, 0.15) is 24.2 Å². The van der Waals surface area contributed by atoms with E-state index in [-0.39, 0.29) is 17.4 Å². The van der Waals surface area contributed by atoms with Gasteiger partial charge in [0.1, 0.15) is 0 Å². The lowest BCUT2D eigenvalue weighted by Crippen LogP contribution is -2.60. The minimum Gasteiger partial charge on any atom is -0.294 e. The fourth-order valence-corrected chi connectivity index (χ4v) is 2.77. The Morgan fingerprint density at radius 2 is 2.05 bits per heavy atom. The van der Waals surface area contributed by atoms with Gasteiger partial charge in [-0.15, -0.1) is 0 Å². The van der Waals surface area contributed by atoms with Crippen LogP contribution in [-0.2, 0) is 9.59 Å². The minimum atomic E-state index is -0.645. The Balaban J connectivity index is 2.26. The predicted octanol–water partition coefficient (Wildman–Crippen LogP) is 1.91. The normalized spacial score (nSPS) is 21.0. The quantitative estimate of drug-likeness (QED) is 0.680. The number of Topliss-reactive ketones (excluding diaryl/α,β-unsaturated/α-hetero) is 1. The Bertz CT molecular complexity index is 618. The fraction of sp³-hybridized carbons (Fsp3) is 0.357.